The molecule has 8 nitrogen and oxygen atoms in total. The second-order valence-corrected chi connectivity index (χ2v) is 10.1. The lowest BCUT2D eigenvalue weighted by atomic mass is 9.96. The van der Waals surface area contributed by atoms with Crippen LogP contribution in [0.4, 0.5) is 16.2 Å². The van der Waals surface area contributed by atoms with E-state index in [-0.39, 0.29) is 24.0 Å². The number of aromatic nitrogens is 4. The van der Waals surface area contributed by atoms with Gasteiger partial charge in [-0.15, -0.1) is 0 Å². The van der Waals surface area contributed by atoms with Crippen molar-refractivity contribution >= 4 is 22.5 Å². The van der Waals surface area contributed by atoms with Crippen LogP contribution in [0.15, 0.2) is 71.9 Å². The zero-order chi connectivity index (χ0) is 26.7. The number of benzene rings is 2. The number of pyridine rings is 2. The van der Waals surface area contributed by atoms with Crippen molar-refractivity contribution in [3.05, 3.63) is 106 Å². The summed E-state index contributed by atoms with van der Waals surface area (Å²) in [6.07, 6.45) is 7.85. The fourth-order valence-corrected chi connectivity index (χ4v) is 5.62. The van der Waals surface area contributed by atoms with Gasteiger partial charge in [-0.1, -0.05) is 24.3 Å². The summed E-state index contributed by atoms with van der Waals surface area (Å²) in [6, 6.07) is 14.3. The van der Waals surface area contributed by atoms with Crippen LogP contribution in [0.25, 0.3) is 27.7 Å². The van der Waals surface area contributed by atoms with E-state index in [1.54, 1.807) is 36.8 Å². The first kappa shape index (κ1) is 23.5. The van der Waals surface area contributed by atoms with E-state index >= 15 is 4.39 Å². The Kier molecular flexibility index (Phi) is 5.41. The molecule has 1 aliphatic carbocycles. The molecule has 2 aromatic carbocycles. The minimum atomic E-state index is -0.524. The molecule has 9 heteroatoms. The van der Waals surface area contributed by atoms with Gasteiger partial charge in [0.05, 0.1) is 29.4 Å². The number of halogens is 1. The van der Waals surface area contributed by atoms with Crippen LogP contribution in [0.2, 0.25) is 0 Å². The molecule has 0 saturated heterocycles. The molecule has 0 bridgehead atoms. The Morgan fingerprint density at radius 3 is 2.74 bits per heavy atom. The number of aliphatic hydroxyl groups excluding tert-OH is 1. The van der Waals surface area contributed by atoms with Crippen molar-refractivity contribution in [1.29, 1.82) is 0 Å². The molecule has 1 unspecified atom stereocenters. The number of anilines is 2. The van der Waals surface area contributed by atoms with Crippen molar-refractivity contribution in [3.63, 3.8) is 0 Å². The highest BCUT2D eigenvalue weighted by Crippen LogP contribution is 2.42. The van der Waals surface area contributed by atoms with E-state index in [9.17, 15) is 9.90 Å². The fraction of sp³-hybridized carbons (Fsp3) is 0.200. The summed E-state index contributed by atoms with van der Waals surface area (Å²) in [5.41, 5.74) is 10.6. The highest BCUT2D eigenvalue weighted by molar-refractivity contribution is 5.84. The predicted octanol–water partition coefficient (Wildman–Crippen LogP) is 4.64. The Hall–Kier alpha value is -4.63. The van der Waals surface area contributed by atoms with E-state index in [0.29, 0.717) is 46.1 Å². The number of hydrogen-bond acceptors (Lipinski definition) is 7. The lowest BCUT2D eigenvalue weighted by Crippen LogP contribution is -2.20. The third-order valence-electron chi connectivity index (χ3n) is 7.68. The van der Waals surface area contributed by atoms with Gasteiger partial charge >= 0.3 is 0 Å². The van der Waals surface area contributed by atoms with Gasteiger partial charge in [-0.3, -0.25) is 14.3 Å². The molecule has 194 valence electrons. The van der Waals surface area contributed by atoms with Crippen molar-refractivity contribution in [1.82, 2.24) is 19.5 Å². The number of aliphatic hydroxyl groups is 1. The standard InChI is InChI=1S/C30H25FN6O2/c31-23-12-19(16-6-7-16)11-17-8-10-37(29(39)26(17)23)25-5-1-4-20(22(25)15-38)27-21-13-24(18-3-2-9-33-14-18)34-28(21)36-30(32)35-27/h1-5,8-12,14,16,24,38H,6-7,13,15H2,(H3,32,34,35,36). The Labute approximate surface area is 223 Å². The van der Waals surface area contributed by atoms with Crippen LogP contribution in [0.1, 0.15) is 47.1 Å². The summed E-state index contributed by atoms with van der Waals surface area (Å²) in [7, 11) is 0. The third kappa shape index (κ3) is 3.93. The topological polar surface area (TPSA) is 119 Å². The van der Waals surface area contributed by atoms with Crippen molar-refractivity contribution in [2.75, 3.05) is 11.1 Å². The predicted molar refractivity (Wildman–Crippen MR) is 147 cm³/mol. The van der Waals surface area contributed by atoms with Gasteiger partial charge in [0, 0.05) is 41.7 Å². The molecular weight excluding hydrogens is 495 g/mol. The minimum absolute atomic E-state index is 0.0341. The van der Waals surface area contributed by atoms with Crippen molar-refractivity contribution in [3.8, 4) is 16.9 Å². The molecule has 0 spiro atoms. The Bertz CT molecular complexity index is 1820. The maximum Gasteiger partial charge on any atom is 0.265 e. The molecule has 1 saturated carbocycles. The Morgan fingerprint density at radius 2 is 1.97 bits per heavy atom. The van der Waals surface area contributed by atoms with E-state index in [4.69, 9.17) is 5.73 Å². The summed E-state index contributed by atoms with van der Waals surface area (Å²) in [4.78, 5) is 26.8. The number of nitrogens with zero attached hydrogens (tertiary/aromatic N) is 4. The number of nitrogens with two attached hydrogens (primary N) is 1. The van der Waals surface area contributed by atoms with Gasteiger partial charge in [0.1, 0.15) is 11.6 Å². The van der Waals surface area contributed by atoms with Gasteiger partial charge in [0.25, 0.3) is 5.56 Å². The van der Waals surface area contributed by atoms with Crippen LogP contribution in [0.3, 0.4) is 0 Å². The smallest absolute Gasteiger partial charge is 0.265 e. The first-order valence-electron chi connectivity index (χ1n) is 12.9. The maximum atomic E-state index is 15.2. The molecule has 4 N–H and O–H groups in total. The molecule has 1 atom stereocenters. The summed E-state index contributed by atoms with van der Waals surface area (Å²) in [5, 5.41) is 14.6. The lowest BCUT2D eigenvalue weighted by Gasteiger charge is -2.17. The zero-order valence-corrected chi connectivity index (χ0v) is 20.9. The first-order chi connectivity index (χ1) is 19.0. The fourth-order valence-electron chi connectivity index (χ4n) is 5.62. The van der Waals surface area contributed by atoms with Gasteiger partial charge in [-0.05, 0) is 59.5 Å². The van der Waals surface area contributed by atoms with Crippen LogP contribution in [0.5, 0.6) is 0 Å². The Morgan fingerprint density at radius 1 is 1.10 bits per heavy atom. The molecule has 4 heterocycles. The van der Waals surface area contributed by atoms with Crippen molar-refractivity contribution in [2.24, 2.45) is 0 Å². The summed E-state index contributed by atoms with van der Waals surface area (Å²) in [6.45, 7) is -0.364. The first-order valence-corrected chi connectivity index (χ1v) is 12.9. The van der Waals surface area contributed by atoms with Gasteiger partial charge in [-0.2, -0.15) is 4.98 Å². The average molecular weight is 521 g/mol. The molecule has 7 rings (SSSR count). The van der Waals surface area contributed by atoms with Crippen molar-refractivity contribution < 1.29 is 9.50 Å². The van der Waals surface area contributed by atoms with Crippen LogP contribution in [-0.4, -0.2) is 24.6 Å². The molecule has 5 aromatic rings. The average Bonchev–Trinajstić information content (AvgIpc) is 3.71. The lowest BCUT2D eigenvalue weighted by molar-refractivity contribution is 0.282. The molecule has 1 aliphatic heterocycles. The van der Waals surface area contributed by atoms with Crippen molar-refractivity contribution in [2.45, 2.75) is 37.8 Å². The van der Waals surface area contributed by atoms with Gasteiger partial charge in [0.15, 0.2) is 0 Å². The number of nitrogen functional groups attached to an aromatic ring is 1. The molecule has 0 radical (unpaired) electrons. The Balaban J connectivity index is 1.36. The van der Waals surface area contributed by atoms with Crippen LogP contribution in [-0.2, 0) is 13.0 Å². The highest BCUT2D eigenvalue weighted by atomic mass is 19.1. The second-order valence-electron chi connectivity index (χ2n) is 10.1. The number of hydrogen-bond donors (Lipinski definition) is 3. The summed E-state index contributed by atoms with van der Waals surface area (Å²) >= 11 is 0. The highest BCUT2D eigenvalue weighted by Gasteiger charge is 2.29. The largest absolute Gasteiger partial charge is 0.392 e. The van der Waals surface area contributed by atoms with E-state index in [0.717, 1.165) is 29.5 Å². The van der Waals surface area contributed by atoms with Gasteiger partial charge < -0.3 is 16.2 Å². The van der Waals surface area contributed by atoms with E-state index in [1.807, 2.05) is 24.3 Å². The van der Waals surface area contributed by atoms with Crippen LogP contribution < -0.4 is 16.6 Å². The summed E-state index contributed by atoms with van der Waals surface area (Å²) < 4.78 is 16.6. The SMILES string of the molecule is Nc1nc2c(c(-c3cccc(-n4ccc5cc(C6CC6)cc(F)c5c4=O)c3CO)n1)CC(c1cccnc1)N2. The van der Waals surface area contributed by atoms with Crippen LogP contribution in [0, 0.1) is 5.82 Å². The minimum Gasteiger partial charge on any atom is -0.392 e. The normalized spacial score (nSPS) is 16.3. The zero-order valence-electron chi connectivity index (χ0n) is 20.9. The number of fused-ring (bicyclic) bond motifs is 2. The van der Waals surface area contributed by atoms with E-state index < -0.39 is 11.4 Å². The second kappa shape index (κ2) is 8.99. The molecular formula is C30H25FN6O2. The molecule has 2 aliphatic rings. The quantitative estimate of drug-likeness (QED) is 0.309. The maximum absolute atomic E-state index is 15.2. The monoisotopic (exact) mass is 520 g/mol. The third-order valence-corrected chi connectivity index (χ3v) is 7.68. The van der Waals surface area contributed by atoms with E-state index in [1.165, 1.54) is 10.6 Å². The van der Waals surface area contributed by atoms with Gasteiger partial charge in [-0.25, -0.2) is 9.37 Å². The molecule has 3 aromatic heterocycles. The molecule has 39 heavy (non-hydrogen) atoms. The van der Waals surface area contributed by atoms with E-state index in [2.05, 4.69) is 20.3 Å². The van der Waals surface area contributed by atoms with Gasteiger partial charge in [0.2, 0.25) is 5.95 Å². The molecule has 1 fully saturated rings. The molecule has 0 amide bonds. The summed E-state index contributed by atoms with van der Waals surface area (Å²) in [5.74, 6) is 0.563. The number of rotatable bonds is 5. The van der Waals surface area contributed by atoms with Crippen LogP contribution >= 0.6 is 0 Å². The number of nitrogens with one attached hydrogen (secondary N) is 1.